The van der Waals surface area contributed by atoms with Crippen LogP contribution in [0.3, 0.4) is 0 Å². The van der Waals surface area contributed by atoms with E-state index in [2.05, 4.69) is 193 Å². The molecule has 314 valence electrons. The molecule has 2 aliphatic rings. The zero-order valence-corrected chi connectivity index (χ0v) is 36.4. The minimum atomic E-state index is -0.645. The average Bonchev–Trinajstić information content (AvgIpc) is 4.20. The van der Waals surface area contributed by atoms with Crippen molar-refractivity contribution < 1.29 is 8.83 Å². The first-order chi connectivity index (χ1) is 33.8. The Balaban J connectivity index is 1.11. The summed E-state index contributed by atoms with van der Waals surface area (Å²) in [4.78, 5) is 11.5. The Hall–Kier alpha value is -9.06. The lowest BCUT2D eigenvalue weighted by atomic mass is 9.70. The van der Waals surface area contributed by atoms with Crippen molar-refractivity contribution in [3.05, 3.63) is 235 Å². The van der Waals surface area contributed by atoms with Gasteiger partial charge in [-0.05, 0) is 86.1 Å². The van der Waals surface area contributed by atoms with Gasteiger partial charge in [0.1, 0.15) is 22.3 Å². The van der Waals surface area contributed by atoms with Gasteiger partial charge in [0.2, 0.25) is 5.95 Å². The molecule has 0 fully saturated rings. The van der Waals surface area contributed by atoms with Gasteiger partial charge in [-0.25, -0.2) is 9.97 Å². The highest BCUT2D eigenvalue weighted by atomic mass is 16.3. The summed E-state index contributed by atoms with van der Waals surface area (Å²) in [5, 5.41) is 8.96. The number of nitrogens with zero attached hydrogens (tertiary/aromatic N) is 3. The quantitative estimate of drug-likeness (QED) is 0.178. The molecule has 0 saturated heterocycles. The van der Waals surface area contributed by atoms with Gasteiger partial charge in [-0.2, -0.15) is 0 Å². The molecule has 0 unspecified atom stereocenters. The molecule has 2 aliphatic carbocycles. The summed E-state index contributed by atoms with van der Waals surface area (Å²) < 4.78 is 15.9. The van der Waals surface area contributed by atoms with Gasteiger partial charge < -0.3 is 8.83 Å². The first-order valence-electron chi connectivity index (χ1n) is 23.2. The fourth-order valence-corrected chi connectivity index (χ4v) is 12.4. The highest BCUT2D eigenvalue weighted by Crippen LogP contribution is 2.66. The second kappa shape index (κ2) is 13.1. The van der Waals surface area contributed by atoms with Gasteiger partial charge in [-0.3, -0.25) is 4.57 Å². The van der Waals surface area contributed by atoms with E-state index in [9.17, 15) is 0 Å². The molecule has 0 saturated carbocycles. The van der Waals surface area contributed by atoms with Crippen LogP contribution < -0.4 is 0 Å². The molecule has 0 atom stereocenters. The van der Waals surface area contributed by atoms with E-state index in [4.69, 9.17) is 18.8 Å². The molecule has 14 aromatic rings. The van der Waals surface area contributed by atoms with E-state index >= 15 is 0 Å². The van der Waals surface area contributed by atoms with E-state index in [-0.39, 0.29) is 0 Å². The lowest BCUT2D eigenvalue weighted by Gasteiger charge is -2.31. The number of para-hydroxylation sites is 5. The number of hydrogen-bond donors (Lipinski definition) is 0. The number of aromatic nitrogens is 3. The van der Waals surface area contributed by atoms with Crippen LogP contribution in [0.4, 0.5) is 0 Å². The first kappa shape index (κ1) is 36.2. The lowest BCUT2D eigenvalue weighted by molar-refractivity contribution is 0.669. The maximum absolute atomic E-state index is 6.75. The number of benzene rings is 10. The topological polar surface area (TPSA) is 57.0 Å². The molecule has 68 heavy (non-hydrogen) atoms. The maximum atomic E-state index is 6.75. The molecule has 5 heteroatoms. The van der Waals surface area contributed by atoms with Crippen molar-refractivity contribution in [3.8, 4) is 50.7 Å². The van der Waals surface area contributed by atoms with Crippen molar-refractivity contribution in [2.75, 3.05) is 0 Å². The molecule has 0 N–H and O–H groups in total. The van der Waals surface area contributed by atoms with Crippen molar-refractivity contribution in [2.45, 2.75) is 5.41 Å². The second-order valence-electron chi connectivity index (χ2n) is 18.3. The maximum Gasteiger partial charge on any atom is 0.235 e. The van der Waals surface area contributed by atoms with Crippen LogP contribution in [0.1, 0.15) is 22.3 Å². The third-order valence-corrected chi connectivity index (χ3v) is 15.0. The second-order valence-corrected chi connectivity index (χ2v) is 18.3. The zero-order valence-electron chi connectivity index (χ0n) is 36.4. The van der Waals surface area contributed by atoms with Gasteiger partial charge >= 0.3 is 0 Å². The summed E-state index contributed by atoms with van der Waals surface area (Å²) in [5.41, 5.74) is 18.1. The standard InChI is InChI=1S/C63H35N3O2/c1-2-22-41-40(21-1)56-44-23-5-11-31-50(44)63(48-29-9-3-17-36(48)37-18-4-10-30-49(37)63)58(56)59-57(41)47-24-6-12-32-53(47)66(59)62-64-51(45-27-15-25-42-38-19-7-13-33-54(38)67-60(42)45)35-52(65-62)46-28-16-26-43-39-20-8-14-34-55(39)68-61(43)46/h1-35H. The monoisotopic (exact) mass is 865 g/mol. The molecule has 5 nitrogen and oxygen atoms in total. The largest absolute Gasteiger partial charge is 0.455 e. The normalized spacial score (nSPS) is 13.4. The highest BCUT2D eigenvalue weighted by Gasteiger charge is 2.53. The summed E-state index contributed by atoms with van der Waals surface area (Å²) in [5.74, 6) is 0.563. The molecule has 10 aromatic carbocycles. The minimum absolute atomic E-state index is 0.563. The van der Waals surface area contributed by atoms with E-state index in [0.29, 0.717) is 5.95 Å². The zero-order chi connectivity index (χ0) is 44.2. The summed E-state index contributed by atoms with van der Waals surface area (Å²) in [7, 11) is 0. The summed E-state index contributed by atoms with van der Waals surface area (Å²) in [6.45, 7) is 0. The molecular formula is C63H35N3O2. The molecule has 1 spiro atoms. The predicted octanol–water partition coefficient (Wildman–Crippen LogP) is 16.2. The molecule has 0 amide bonds. The minimum Gasteiger partial charge on any atom is -0.455 e. The number of rotatable bonds is 3. The number of furan rings is 2. The van der Waals surface area contributed by atoms with Crippen LogP contribution in [0, 0.1) is 0 Å². The van der Waals surface area contributed by atoms with Gasteiger partial charge in [0.25, 0.3) is 0 Å². The van der Waals surface area contributed by atoms with Gasteiger partial charge in [0.05, 0.1) is 27.8 Å². The molecular weight excluding hydrogens is 831 g/mol. The van der Waals surface area contributed by atoms with Crippen molar-refractivity contribution in [1.82, 2.24) is 14.5 Å². The van der Waals surface area contributed by atoms with Crippen molar-refractivity contribution in [2.24, 2.45) is 0 Å². The Morgan fingerprint density at radius 1 is 0.368 bits per heavy atom. The fourth-order valence-electron chi connectivity index (χ4n) is 12.4. The van der Waals surface area contributed by atoms with Crippen LogP contribution in [0.5, 0.6) is 0 Å². The average molecular weight is 866 g/mol. The van der Waals surface area contributed by atoms with Crippen LogP contribution in [0.15, 0.2) is 221 Å². The molecule has 4 heterocycles. The van der Waals surface area contributed by atoms with E-state index < -0.39 is 5.41 Å². The number of fused-ring (bicyclic) bond motifs is 23. The third-order valence-electron chi connectivity index (χ3n) is 15.0. The molecule has 4 aromatic heterocycles. The summed E-state index contributed by atoms with van der Waals surface area (Å²) >= 11 is 0. The SMILES string of the molecule is c1ccc2c(c1)-c1ccccc1C21c2ccccc2-c2c1c1c(c3ccccc23)c2ccccc2n1-c1nc(-c2cccc3c2oc2ccccc23)cc(-c2cccc3c2oc2ccccc23)n1. The van der Waals surface area contributed by atoms with Crippen LogP contribution in [-0.4, -0.2) is 14.5 Å². The van der Waals surface area contributed by atoms with Crippen molar-refractivity contribution >= 4 is 76.5 Å². The molecule has 16 rings (SSSR count). The Labute approximate surface area is 388 Å². The predicted molar refractivity (Wildman–Crippen MR) is 276 cm³/mol. The molecule has 0 bridgehead atoms. The summed E-state index contributed by atoms with van der Waals surface area (Å²) in [6.07, 6.45) is 0. The van der Waals surface area contributed by atoms with E-state index in [0.717, 1.165) is 82.8 Å². The number of hydrogen-bond acceptors (Lipinski definition) is 4. The van der Waals surface area contributed by atoms with Crippen molar-refractivity contribution in [3.63, 3.8) is 0 Å². The lowest BCUT2D eigenvalue weighted by Crippen LogP contribution is -2.26. The summed E-state index contributed by atoms with van der Waals surface area (Å²) in [6, 6.07) is 76.3. The van der Waals surface area contributed by atoms with E-state index in [1.807, 2.05) is 24.3 Å². The van der Waals surface area contributed by atoms with Crippen LogP contribution in [-0.2, 0) is 5.41 Å². The van der Waals surface area contributed by atoms with Crippen LogP contribution in [0.2, 0.25) is 0 Å². The van der Waals surface area contributed by atoms with Gasteiger partial charge in [0.15, 0.2) is 0 Å². The Morgan fingerprint density at radius 2 is 0.809 bits per heavy atom. The van der Waals surface area contributed by atoms with E-state index in [1.54, 1.807) is 0 Å². The Bertz CT molecular complexity index is 4350. The Kier molecular flexibility index (Phi) is 6.95. The smallest absolute Gasteiger partial charge is 0.235 e. The van der Waals surface area contributed by atoms with Gasteiger partial charge in [-0.1, -0.05) is 176 Å². The van der Waals surface area contributed by atoms with Crippen LogP contribution >= 0.6 is 0 Å². The van der Waals surface area contributed by atoms with E-state index in [1.165, 1.54) is 60.7 Å². The third kappa shape index (κ3) is 4.46. The highest BCUT2D eigenvalue weighted by molar-refractivity contribution is 6.28. The molecule has 0 aliphatic heterocycles. The molecule has 0 radical (unpaired) electrons. The Morgan fingerprint density at radius 3 is 1.41 bits per heavy atom. The van der Waals surface area contributed by atoms with Gasteiger partial charge in [-0.15, -0.1) is 0 Å². The van der Waals surface area contributed by atoms with Crippen LogP contribution in [0.25, 0.3) is 127 Å². The first-order valence-corrected chi connectivity index (χ1v) is 23.2. The fraction of sp³-hybridized carbons (Fsp3) is 0.0159. The van der Waals surface area contributed by atoms with Gasteiger partial charge in [0, 0.05) is 49.0 Å². The van der Waals surface area contributed by atoms with Crippen molar-refractivity contribution in [1.29, 1.82) is 0 Å².